The molecule has 0 atom stereocenters. The van der Waals surface area contributed by atoms with Crippen LogP contribution in [0.4, 0.5) is 5.69 Å². The van der Waals surface area contributed by atoms with Gasteiger partial charge < -0.3 is 10.6 Å². The number of nitrogens with zero attached hydrogens (tertiary/aromatic N) is 2. The summed E-state index contributed by atoms with van der Waals surface area (Å²) in [7, 11) is -0.832. The van der Waals surface area contributed by atoms with Crippen LogP contribution in [-0.2, 0) is 14.8 Å². The minimum absolute atomic E-state index is 0.00279. The van der Waals surface area contributed by atoms with Crippen LogP contribution >= 0.6 is 0 Å². The van der Waals surface area contributed by atoms with E-state index in [1.165, 1.54) is 38.4 Å². The van der Waals surface area contributed by atoms with E-state index in [9.17, 15) is 18.0 Å². The summed E-state index contributed by atoms with van der Waals surface area (Å²) in [5.74, 6) is -0.954. The van der Waals surface area contributed by atoms with E-state index in [2.05, 4.69) is 20.8 Å². The predicted molar refractivity (Wildman–Crippen MR) is 104 cm³/mol. The molecule has 0 aliphatic carbocycles. The van der Waals surface area contributed by atoms with E-state index >= 15 is 0 Å². The standard InChI is InChI=1S/C18H19N5O4S/c1-23(2)28(26,27)15-5-3-4-12(9-15)18(25)19-11-17(24)21-14-6-7-16-13(8-14)10-20-22-16/h3-10H,11H2,1-2H3,(H,19,25)(H,20,22)(H,21,24). The van der Waals surface area contributed by atoms with Gasteiger partial charge in [0, 0.05) is 30.7 Å². The SMILES string of the molecule is CN(C)S(=O)(=O)c1cccc(C(=O)NCC(=O)Nc2ccc3[nH]ncc3c2)c1. The molecule has 0 aliphatic heterocycles. The highest BCUT2D eigenvalue weighted by atomic mass is 32.2. The van der Waals surface area contributed by atoms with Gasteiger partial charge in [-0.3, -0.25) is 14.7 Å². The molecule has 3 N–H and O–H groups in total. The van der Waals surface area contributed by atoms with Gasteiger partial charge >= 0.3 is 0 Å². The molecular weight excluding hydrogens is 382 g/mol. The smallest absolute Gasteiger partial charge is 0.251 e. The quantitative estimate of drug-likeness (QED) is 0.572. The van der Waals surface area contributed by atoms with Crippen molar-refractivity contribution in [3.63, 3.8) is 0 Å². The molecule has 146 valence electrons. The van der Waals surface area contributed by atoms with Crippen LogP contribution in [0.15, 0.2) is 53.6 Å². The van der Waals surface area contributed by atoms with Gasteiger partial charge in [0.1, 0.15) is 0 Å². The minimum atomic E-state index is -3.65. The number of amides is 2. The Balaban J connectivity index is 1.62. The normalized spacial score (nSPS) is 11.5. The topological polar surface area (TPSA) is 124 Å². The molecule has 1 heterocycles. The van der Waals surface area contributed by atoms with Crippen LogP contribution in [0.25, 0.3) is 10.9 Å². The molecule has 2 amide bonds. The largest absolute Gasteiger partial charge is 0.343 e. The van der Waals surface area contributed by atoms with Crippen LogP contribution in [0.2, 0.25) is 0 Å². The zero-order chi connectivity index (χ0) is 20.3. The molecular formula is C18H19N5O4S. The monoisotopic (exact) mass is 401 g/mol. The molecule has 0 fully saturated rings. The van der Waals surface area contributed by atoms with Gasteiger partial charge in [-0.25, -0.2) is 12.7 Å². The highest BCUT2D eigenvalue weighted by molar-refractivity contribution is 7.89. The van der Waals surface area contributed by atoms with Crippen molar-refractivity contribution in [2.45, 2.75) is 4.90 Å². The third-order valence-corrected chi connectivity index (χ3v) is 5.82. The molecule has 0 saturated heterocycles. The number of anilines is 1. The Bertz CT molecular complexity index is 1140. The number of carbonyl (C=O) groups is 2. The summed E-state index contributed by atoms with van der Waals surface area (Å²) in [5, 5.41) is 12.7. The number of carbonyl (C=O) groups excluding carboxylic acids is 2. The van der Waals surface area contributed by atoms with Crippen molar-refractivity contribution < 1.29 is 18.0 Å². The lowest BCUT2D eigenvalue weighted by Gasteiger charge is -2.12. The lowest BCUT2D eigenvalue weighted by Crippen LogP contribution is -2.33. The molecule has 1 aromatic heterocycles. The minimum Gasteiger partial charge on any atom is -0.343 e. The average molecular weight is 401 g/mol. The number of benzene rings is 2. The third kappa shape index (κ3) is 4.18. The first-order valence-corrected chi connectivity index (χ1v) is 9.75. The number of sulfonamides is 1. The number of rotatable bonds is 6. The Morgan fingerprint density at radius 2 is 1.93 bits per heavy atom. The second kappa shape index (κ2) is 7.79. The van der Waals surface area contributed by atoms with Crippen LogP contribution in [0.1, 0.15) is 10.4 Å². The maximum atomic E-state index is 12.3. The van der Waals surface area contributed by atoms with Crippen molar-refractivity contribution in [1.29, 1.82) is 0 Å². The Kier molecular flexibility index (Phi) is 5.43. The summed E-state index contributed by atoms with van der Waals surface area (Å²) in [6, 6.07) is 10.9. The Morgan fingerprint density at radius 1 is 1.14 bits per heavy atom. The van der Waals surface area contributed by atoms with E-state index in [0.717, 1.165) is 15.2 Å². The summed E-state index contributed by atoms with van der Waals surface area (Å²) in [6.45, 7) is -0.257. The molecule has 2 aromatic carbocycles. The predicted octanol–water partition coefficient (Wildman–Crippen LogP) is 1.18. The van der Waals surface area contributed by atoms with Crippen LogP contribution in [0.3, 0.4) is 0 Å². The fourth-order valence-electron chi connectivity index (χ4n) is 2.50. The van der Waals surface area contributed by atoms with Crippen molar-refractivity contribution in [2.75, 3.05) is 26.0 Å². The maximum absolute atomic E-state index is 12.3. The van der Waals surface area contributed by atoms with E-state index in [0.29, 0.717) is 5.69 Å². The molecule has 0 unspecified atom stereocenters. The lowest BCUT2D eigenvalue weighted by molar-refractivity contribution is -0.115. The first kappa shape index (κ1) is 19.5. The van der Waals surface area contributed by atoms with Gasteiger partial charge in [0.2, 0.25) is 15.9 Å². The van der Waals surface area contributed by atoms with Crippen molar-refractivity contribution >= 4 is 38.4 Å². The van der Waals surface area contributed by atoms with E-state index < -0.39 is 21.8 Å². The van der Waals surface area contributed by atoms with E-state index in [1.54, 1.807) is 24.4 Å². The molecule has 28 heavy (non-hydrogen) atoms. The zero-order valence-corrected chi connectivity index (χ0v) is 16.1. The summed E-state index contributed by atoms with van der Waals surface area (Å²) in [6.07, 6.45) is 1.64. The van der Waals surface area contributed by atoms with Crippen molar-refractivity contribution in [1.82, 2.24) is 19.8 Å². The maximum Gasteiger partial charge on any atom is 0.251 e. The first-order valence-electron chi connectivity index (χ1n) is 8.31. The highest BCUT2D eigenvalue weighted by Crippen LogP contribution is 2.17. The van der Waals surface area contributed by atoms with E-state index in [4.69, 9.17) is 0 Å². The number of hydrogen-bond acceptors (Lipinski definition) is 5. The molecule has 0 aliphatic rings. The molecule has 10 heteroatoms. The number of aromatic amines is 1. The van der Waals surface area contributed by atoms with Crippen molar-refractivity contribution in [3.8, 4) is 0 Å². The molecule has 9 nitrogen and oxygen atoms in total. The molecule has 0 radical (unpaired) electrons. The Hall–Kier alpha value is -3.24. The molecule has 0 saturated carbocycles. The fourth-order valence-corrected chi connectivity index (χ4v) is 3.44. The number of nitrogens with one attached hydrogen (secondary N) is 3. The third-order valence-electron chi connectivity index (χ3n) is 4.01. The number of fused-ring (bicyclic) bond motifs is 1. The van der Waals surface area contributed by atoms with Crippen LogP contribution < -0.4 is 10.6 Å². The summed E-state index contributed by atoms with van der Waals surface area (Å²) in [4.78, 5) is 24.4. The molecule has 3 aromatic rings. The van der Waals surface area contributed by atoms with Crippen molar-refractivity contribution in [2.24, 2.45) is 0 Å². The van der Waals surface area contributed by atoms with Crippen LogP contribution in [0.5, 0.6) is 0 Å². The molecule has 0 bridgehead atoms. The van der Waals surface area contributed by atoms with Gasteiger partial charge in [-0.05, 0) is 36.4 Å². The zero-order valence-electron chi connectivity index (χ0n) is 15.3. The van der Waals surface area contributed by atoms with Gasteiger partial charge in [-0.1, -0.05) is 6.07 Å². The second-order valence-corrected chi connectivity index (χ2v) is 8.37. The van der Waals surface area contributed by atoms with Gasteiger partial charge in [-0.2, -0.15) is 5.10 Å². The fraction of sp³-hybridized carbons (Fsp3) is 0.167. The molecule has 3 rings (SSSR count). The van der Waals surface area contributed by atoms with Crippen molar-refractivity contribution in [3.05, 3.63) is 54.2 Å². The summed E-state index contributed by atoms with van der Waals surface area (Å²) in [5.41, 5.74) is 1.57. The van der Waals surface area contributed by atoms with Gasteiger partial charge in [0.25, 0.3) is 5.91 Å². The second-order valence-electron chi connectivity index (χ2n) is 6.22. The van der Waals surface area contributed by atoms with E-state index in [-0.39, 0.29) is 17.0 Å². The summed E-state index contributed by atoms with van der Waals surface area (Å²) >= 11 is 0. The number of H-pyrrole nitrogens is 1. The molecule has 0 spiro atoms. The van der Waals surface area contributed by atoms with Crippen LogP contribution in [-0.4, -0.2) is 55.4 Å². The van der Waals surface area contributed by atoms with E-state index in [1.807, 2.05) is 0 Å². The van der Waals surface area contributed by atoms with Gasteiger partial charge in [-0.15, -0.1) is 0 Å². The highest BCUT2D eigenvalue weighted by Gasteiger charge is 2.19. The Labute approximate surface area is 161 Å². The first-order chi connectivity index (χ1) is 13.3. The lowest BCUT2D eigenvalue weighted by atomic mass is 10.2. The average Bonchev–Trinajstić information content (AvgIpc) is 3.14. The number of aromatic nitrogens is 2. The Morgan fingerprint density at radius 3 is 2.68 bits per heavy atom. The number of hydrogen-bond donors (Lipinski definition) is 3. The van der Waals surface area contributed by atoms with Gasteiger partial charge in [0.05, 0.1) is 23.2 Å². The summed E-state index contributed by atoms with van der Waals surface area (Å²) < 4.78 is 25.4. The van der Waals surface area contributed by atoms with Gasteiger partial charge in [0.15, 0.2) is 0 Å². The van der Waals surface area contributed by atoms with Crippen LogP contribution in [0, 0.1) is 0 Å².